The van der Waals surface area contributed by atoms with E-state index in [1.165, 1.54) is 24.3 Å². The molecule has 2 amide bonds. The number of para-hydroxylation sites is 1. The van der Waals surface area contributed by atoms with Gasteiger partial charge in [-0.25, -0.2) is 0 Å². The highest BCUT2D eigenvalue weighted by molar-refractivity contribution is 6.00. The molecule has 0 aliphatic carbocycles. The van der Waals surface area contributed by atoms with E-state index in [0.29, 0.717) is 24.2 Å². The van der Waals surface area contributed by atoms with Crippen molar-refractivity contribution in [2.45, 2.75) is 32.7 Å². The predicted molar refractivity (Wildman–Crippen MR) is 119 cm³/mol. The van der Waals surface area contributed by atoms with Gasteiger partial charge in [0.2, 0.25) is 0 Å². The number of hydrogen-bond donors (Lipinski definition) is 1. The maximum absolute atomic E-state index is 12.9. The summed E-state index contributed by atoms with van der Waals surface area (Å²) in [6.07, 6.45) is 1.51. The van der Waals surface area contributed by atoms with Crippen molar-refractivity contribution in [3.63, 3.8) is 0 Å². The fourth-order valence-corrected chi connectivity index (χ4v) is 3.88. The molecule has 2 aromatic carbocycles. The molecule has 1 heterocycles. The summed E-state index contributed by atoms with van der Waals surface area (Å²) >= 11 is 0. The Labute approximate surface area is 182 Å². The Hall–Kier alpha value is -3.42. The van der Waals surface area contributed by atoms with Crippen LogP contribution in [-0.4, -0.2) is 53.9 Å². The number of nitrogens with one attached hydrogen (secondary N) is 1. The monoisotopic (exact) mass is 424 g/mol. The van der Waals surface area contributed by atoms with Gasteiger partial charge >= 0.3 is 0 Å². The number of piperidine rings is 1. The topological polar surface area (TPSA) is 95.8 Å². The minimum Gasteiger partial charge on any atom is -0.371 e. The molecule has 1 fully saturated rings. The summed E-state index contributed by atoms with van der Waals surface area (Å²) < 4.78 is 0. The molecular formula is C23H28N4O4. The van der Waals surface area contributed by atoms with E-state index in [4.69, 9.17) is 0 Å². The third-order valence-corrected chi connectivity index (χ3v) is 5.70. The van der Waals surface area contributed by atoms with Gasteiger partial charge in [0, 0.05) is 55.6 Å². The van der Waals surface area contributed by atoms with Crippen molar-refractivity contribution in [2.75, 3.05) is 31.1 Å². The van der Waals surface area contributed by atoms with Gasteiger partial charge in [0.1, 0.15) is 0 Å². The summed E-state index contributed by atoms with van der Waals surface area (Å²) in [4.78, 5) is 39.7. The highest BCUT2D eigenvalue weighted by Gasteiger charge is 2.25. The van der Waals surface area contributed by atoms with Crippen LogP contribution in [0.5, 0.6) is 0 Å². The summed E-state index contributed by atoms with van der Waals surface area (Å²) in [5, 5.41) is 13.8. The van der Waals surface area contributed by atoms with Gasteiger partial charge in [-0.05, 0) is 51.0 Å². The van der Waals surface area contributed by atoms with Crippen molar-refractivity contribution < 1.29 is 14.5 Å². The zero-order valence-electron chi connectivity index (χ0n) is 17.9. The zero-order valence-corrected chi connectivity index (χ0v) is 17.9. The minimum absolute atomic E-state index is 0.0181. The number of non-ortho nitro benzene ring substituents is 1. The van der Waals surface area contributed by atoms with Crippen LogP contribution in [0.3, 0.4) is 0 Å². The third-order valence-electron chi connectivity index (χ3n) is 5.70. The summed E-state index contributed by atoms with van der Waals surface area (Å²) in [6.45, 7) is 6.74. The number of carbonyl (C=O) groups is 2. The van der Waals surface area contributed by atoms with Crippen molar-refractivity contribution in [3.05, 3.63) is 69.8 Å². The van der Waals surface area contributed by atoms with E-state index in [9.17, 15) is 19.7 Å². The number of nitrogens with zero attached hydrogens (tertiary/aromatic N) is 3. The molecule has 0 aromatic heterocycles. The Balaban J connectivity index is 1.62. The van der Waals surface area contributed by atoms with Gasteiger partial charge in [-0.3, -0.25) is 19.7 Å². The van der Waals surface area contributed by atoms with Crippen LogP contribution in [0.2, 0.25) is 0 Å². The Bertz CT molecular complexity index is 933. The van der Waals surface area contributed by atoms with Crippen LogP contribution in [-0.2, 0) is 0 Å². The van der Waals surface area contributed by atoms with Crippen molar-refractivity contribution in [2.24, 2.45) is 0 Å². The first kappa shape index (κ1) is 22.3. The van der Waals surface area contributed by atoms with Crippen molar-refractivity contribution in [3.8, 4) is 0 Å². The second kappa shape index (κ2) is 10.1. The number of benzene rings is 2. The van der Waals surface area contributed by atoms with Crippen molar-refractivity contribution in [1.29, 1.82) is 0 Å². The lowest BCUT2D eigenvalue weighted by Crippen LogP contribution is -2.45. The van der Waals surface area contributed by atoms with Gasteiger partial charge in [-0.15, -0.1) is 0 Å². The average molecular weight is 425 g/mol. The van der Waals surface area contributed by atoms with Crippen LogP contribution in [0.15, 0.2) is 48.5 Å². The maximum Gasteiger partial charge on any atom is 0.269 e. The van der Waals surface area contributed by atoms with Crippen molar-refractivity contribution >= 4 is 23.2 Å². The minimum atomic E-state index is -0.486. The molecule has 31 heavy (non-hydrogen) atoms. The van der Waals surface area contributed by atoms with E-state index in [1.807, 2.05) is 43.0 Å². The molecular weight excluding hydrogens is 396 g/mol. The Morgan fingerprint density at radius 1 is 1.06 bits per heavy atom. The normalized spacial score (nSPS) is 14.2. The SMILES string of the molecule is CCN(CC)C(=O)c1ccccc1N1CCC(NC(=O)c2ccc([N+](=O)[O-])cc2)CC1. The Morgan fingerprint density at radius 2 is 1.68 bits per heavy atom. The molecule has 0 spiro atoms. The van der Waals surface area contributed by atoms with Crippen molar-refractivity contribution in [1.82, 2.24) is 10.2 Å². The van der Waals surface area contributed by atoms with Crippen LogP contribution in [0.1, 0.15) is 47.4 Å². The van der Waals surface area contributed by atoms with E-state index in [1.54, 1.807) is 0 Å². The quantitative estimate of drug-likeness (QED) is 0.542. The van der Waals surface area contributed by atoms with Gasteiger partial charge in [-0.2, -0.15) is 0 Å². The van der Waals surface area contributed by atoms with E-state index < -0.39 is 4.92 Å². The largest absolute Gasteiger partial charge is 0.371 e. The molecule has 0 unspecified atom stereocenters. The molecule has 164 valence electrons. The molecule has 1 aliphatic rings. The third kappa shape index (κ3) is 5.20. The second-order valence-corrected chi connectivity index (χ2v) is 7.53. The summed E-state index contributed by atoms with van der Waals surface area (Å²) in [6, 6.07) is 13.3. The van der Waals surface area contributed by atoms with Gasteiger partial charge in [0.25, 0.3) is 17.5 Å². The predicted octanol–water partition coefficient (Wildman–Crippen LogP) is 3.48. The highest BCUT2D eigenvalue weighted by atomic mass is 16.6. The number of amides is 2. The lowest BCUT2D eigenvalue weighted by atomic mass is 10.0. The fourth-order valence-electron chi connectivity index (χ4n) is 3.88. The standard InChI is InChI=1S/C23H28N4O4/c1-3-25(4-2)23(29)20-7-5-6-8-21(20)26-15-13-18(14-16-26)24-22(28)17-9-11-19(12-10-17)27(30)31/h5-12,18H,3-4,13-16H2,1-2H3,(H,24,28). The van der Waals surface area contributed by atoms with Gasteiger partial charge in [0.15, 0.2) is 0 Å². The summed E-state index contributed by atoms with van der Waals surface area (Å²) in [5.74, 6) is -0.195. The molecule has 0 bridgehead atoms. The first-order valence-corrected chi connectivity index (χ1v) is 10.6. The number of anilines is 1. The van der Waals surface area contributed by atoms with Crippen LogP contribution >= 0.6 is 0 Å². The van der Waals surface area contributed by atoms with E-state index in [0.717, 1.165) is 31.6 Å². The number of nitro benzene ring substituents is 1. The first-order chi connectivity index (χ1) is 14.9. The summed E-state index contributed by atoms with van der Waals surface area (Å²) in [7, 11) is 0. The lowest BCUT2D eigenvalue weighted by Gasteiger charge is -2.35. The molecule has 1 N–H and O–H groups in total. The van der Waals surface area contributed by atoms with E-state index >= 15 is 0 Å². The molecule has 1 saturated heterocycles. The van der Waals surface area contributed by atoms with E-state index in [-0.39, 0.29) is 23.5 Å². The molecule has 0 atom stereocenters. The van der Waals surface area contributed by atoms with Crippen LogP contribution in [0.25, 0.3) is 0 Å². The Kier molecular flexibility index (Phi) is 7.23. The molecule has 0 saturated carbocycles. The molecule has 8 nitrogen and oxygen atoms in total. The molecule has 3 rings (SSSR count). The molecule has 8 heteroatoms. The zero-order chi connectivity index (χ0) is 22.4. The van der Waals surface area contributed by atoms with E-state index in [2.05, 4.69) is 10.2 Å². The number of hydrogen-bond acceptors (Lipinski definition) is 5. The second-order valence-electron chi connectivity index (χ2n) is 7.53. The number of rotatable bonds is 7. The van der Waals surface area contributed by atoms with Gasteiger partial charge in [-0.1, -0.05) is 12.1 Å². The summed E-state index contributed by atoms with van der Waals surface area (Å²) in [5.41, 5.74) is 2.00. The van der Waals surface area contributed by atoms with Gasteiger partial charge < -0.3 is 15.1 Å². The number of carbonyl (C=O) groups excluding carboxylic acids is 2. The van der Waals surface area contributed by atoms with Gasteiger partial charge in [0.05, 0.1) is 10.5 Å². The number of nitro groups is 1. The smallest absolute Gasteiger partial charge is 0.269 e. The van der Waals surface area contributed by atoms with Crippen LogP contribution in [0, 0.1) is 10.1 Å². The maximum atomic E-state index is 12.9. The fraction of sp³-hybridized carbons (Fsp3) is 0.391. The first-order valence-electron chi connectivity index (χ1n) is 10.6. The lowest BCUT2D eigenvalue weighted by molar-refractivity contribution is -0.384. The highest BCUT2D eigenvalue weighted by Crippen LogP contribution is 2.25. The molecule has 2 aromatic rings. The molecule has 0 radical (unpaired) electrons. The van der Waals surface area contributed by atoms with Crippen LogP contribution < -0.4 is 10.2 Å². The average Bonchev–Trinajstić information content (AvgIpc) is 2.80. The van der Waals surface area contributed by atoms with Crippen LogP contribution in [0.4, 0.5) is 11.4 Å². The molecule has 1 aliphatic heterocycles. The Morgan fingerprint density at radius 3 is 2.26 bits per heavy atom.